The largest absolute Gasteiger partial charge is 0.475 e. The second-order valence-corrected chi connectivity index (χ2v) is 9.59. The first-order valence-corrected chi connectivity index (χ1v) is 11.1. The van der Waals surface area contributed by atoms with Gasteiger partial charge >= 0.3 is 6.09 Å². The van der Waals surface area contributed by atoms with Gasteiger partial charge in [-0.25, -0.2) is 4.79 Å². The number of amides is 1. The van der Waals surface area contributed by atoms with Crippen molar-refractivity contribution in [2.75, 3.05) is 56.3 Å². The van der Waals surface area contributed by atoms with Crippen molar-refractivity contribution in [3.63, 3.8) is 0 Å². The molecule has 1 aromatic carbocycles. The molecule has 2 heterocycles. The summed E-state index contributed by atoms with van der Waals surface area (Å²) >= 11 is 16.9. The van der Waals surface area contributed by atoms with E-state index >= 15 is 0 Å². The number of aromatic nitrogens is 1. The molecule has 1 amide bonds. The van der Waals surface area contributed by atoms with Crippen LogP contribution in [0.25, 0.3) is 11.1 Å². The molecule has 0 bridgehead atoms. The molecule has 0 spiro atoms. The van der Waals surface area contributed by atoms with E-state index in [1.807, 2.05) is 25.1 Å². The highest BCUT2D eigenvalue weighted by Gasteiger charge is 2.22. The van der Waals surface area contributed by atoms with Gasteiger partial charge in [0.1, 0.15) is 19.0 Å². The Morgan fingerprint density at radius 2 is 2.00 bits per heavy atom. The number of pyridine rings is 1. The van der Waals surface area contributed by atoms with Crippen LogP contribution < -0.4 is 15.0 Å². The third-order valence-corrected chi connectivity index (χ3v) is 4.95. The SMILES string of the molecule is Cc1ccc(NC(=O)OCC(Cl)(Cl)Cl)cc1-c1cc(OCCO)nc(N2CCOCC2)c1. The molecule has 1 saturated heterocycles. The Kier molecular flexibility index (Phi) is 8.67. The second-order valence-electron chi connectivity index (χ2n) is 7.07. The average molecular weight is 505 g/mol. The summed E-state index contributed by atoms with van der Waals surface area (Å²) < 4.78 is 14.3. The highest BCUT2D eigenvalue weighted by atomic mass is 35.6. The number of hydrogen-bond acceptors (Lipinski definition) is 7. The number of nitrogens with one attached hydrogen (secondary N) is 1. The van der Waals surface area contributed by atoms with Crippen LogP contribution >= 0.6 is 34.8 Å². The van der Waals surface area contributed by atoms with E-state index in [0.717, 1.165) is 22.5 Å². The highest BCUT2D eigenvalue weighted by molar-refractivity contribution is 6.67. The van der Waals surface area contributed by atoms with E-state index in [2.05, 4.69) is 15.2 Å². The Morgan fingerprint density at radius 1 is 1.25 bits per heavy atom. The summed E-state index contributed by atoms with van der Waals surface area (Å²) in [4.78, 5) is 18.7. The van der Waals surface area contributed by atoms with Gasteiger partial charge in [0.25, 0.3) is 0 Å². The molecule has 2 aromatic rings. The van der Waals surface area contributed by atoms with Crippen LogP contribution in [0.5, 0.6) is 5.88 Å². The minimum Gasteiger partial charge on any atom is -0.475 e. The normalized spacial score (nSPS) is 14.2. The van der Waals surface area contributed by atoms with Crippen molar-refractivity contribution < 1.29 is 24.1 Å². The molecule has 11 heteroatoms. The van der Waals surface area contributed by atoms with Crippen molar-refractivity contribution in [1.29, 1.82) is 0 Å². The number of aliphatic hydroxyl groups is 1. The third-order valence-electron chi connectivity index (χ3n) is 4.63. The molecule has 1 aromatic heterocycles. The van der Waals surface area contributed by atoms with Gasteiger partial charge in [0.15, 0.2) is 0 Å². The number of benzene rings is 1. The Morgan fingerprint density at radius 3 is 2.69 bits per heavy atom. The van der Waals surface area contributed by atoms with E-state index in [1.165, 1.54) is 0 Å². The van der Waals surface area contributed by atoms with Gasteiger partial charge in [-0.05, 0) is 41.8 Å². The number of carbonyl (C=O) groups excluding carboxylic acids is 1. The molecule has 1 fully saturated rings. The Labute approximate surface area is 201 Å². The second kappa shape index (κ2) is 11.2. The molecular weight excluding hydrogens is 481 g/mol. The minimum absolute atomic E-state index is 0.118. The van der Waals surface area contributed by atoms with Gasteiger partial charge in [0.2, 0.25) is 9.67 Å². The lowest BCUT2D eigenvalue weighted by molar-refractivity contribution is 0.122. The lowest BCUT2D eigenvalue weighted by atomic mass is 10.0. The van der Waals surface area contributed by atoms with Crippen molar-refractivity contribution in [2.45, 2.75) is 10.7 Å². The maximum Gasteiger partial charge on any atom is 0.411 e. The zero-order valence-corrected chi connectivity index (χ0v) is 19.7. The molecule has 0 saturated carbocycles. The lowest BCUT2D eigenvalue weighted by Crippen LogP contribution is -2.36. The number of ether oxygens (including phenoxy) is 3. The van der Waals surface area contributed by atoms with Crippen LogP contribution in [0.15, 0.2) is 30.3 Å². The van der Waals surface area contributed by atoms with Gasteiger partial charge in [-0.1, -0.05) is 40.9 Å². The topological polar surface area (TPSA) is 93.2 Å². The van der Waals surface area contributed by atoms with Crippen molar-refractivity contribution in [3.8, 4) is 17.0 Å². The molecule has 2 N–H and O–H groups in total. The molecule has 0 aliphatic carbocycles. The Balaban J connectivity index is 1.88. The van der Waals surface area contributed by atoms with E-state index in [9.17, 15) is 4.79 Å². The van der Waals surface area contributed by atoms with E-state index in [0.29, 0.717) is 37.9 Å². The third kappa shape index (κ3) is 7.28. The van der Waals surface area contributed by atoms with E-state index in [1.54, 1.807) is 12.1 Å². The number of alkyl halides is 3. The number of morpholine rings is 1. The molecule has 0 unspecified atom stereocenters. The maximum atomic E-state index is 12.0. The van der Waals surface area contributed by atoms with Gasteiger partial charge < -0.3 is 24.2 Å². The van der Waals surface area contributed by atoms with Crippen LogP contribution in [-0.2, 0) is 9.47 Å². The summed E-state index contributed by atoms with van der Waals surface area (Å²) in [6, 6.07) is 9.21. The standard InChI is InChI=1S/C21H24Cl3N3O5/c1-14-2-3-16(25-20(29)32-13-21(22,23)24)12-17(14)15-10-18(27-4-7-30-8-5-27)26-19(11-15)31-9-6-28/h2-3,10-12,28H,4-9,13H2,1H3,(H,25,29). The Bertz CT molecular complexity index is 933. The molecule has 174 valence electrons. The van der Waals surface area contributed by atoms with Crippen molar-refractivity contribution >= 4 is 52.4 Å². The van der Waals surface area contributed by atoms with Gasteiger partial charge in [0.05, 0.1) is 19.8 Å². The molecule has 32 heavy (non-hydrogen) atoms. The summed E-state index contributed by atoms with van der Waals surface area (Å²) in [6.45, 7) is 4.27. The molecule has 0 atom stereocenters. The lowest BCUT2D eigenvalue weighted by Gasteiger charge is -2.28. The zero-order chi connectivity index (χ0) is 23.1. The summed E-state index contributed by atoms with van der Waals surface area (Å²) in [6.07, 6.45) is -0.734. The van der Waals surface area contributed by atoms with E-state index < -0.39 is 9.89 Å². The fourth-order valence-electron chi connectivity index (χ4n) is 3.14. The smallest absolute Gasteiger partial charge is 0.411 e. The molecule has 0 radical (unpaired) electrons. The minimum atomic E-state index is -1.69. The molecule has 8 nitrogen and oxygen atoms in total. The number of aryl methyl sites for hydroxylation is 1. The van der Waals surface area contributed by atoms with Crippen molar-refractivity contribution in [1.82, 2.24) is 4.98 Å². The Hall–Kier alpha value is -1.97. The van der Waals surface area contributed by atoms with Crippen LogP contribution in [0.3, 0.4) is 0 Å². The zero-order valence-electron chi connectivity index (χ0n) is 17.4. The number of rotatable bonds is 7. The molecule has 3 rings (SSSR count). The number of aliphatic hydroxyl groups excluding tert-OH is 1. The molecular formula is C21H24Cl3N3O5. The highest BCUT2D eigenvalue weighted by Crippen LogP contribution is 2.32. The van der Waals surface area contributed by atoms with Crippen LogP contribution in [0, 0.1) is 6.92 Å². The predicted octanol–water partition coefficient (Wildman–Crippen LogP) is 4.18. The molecule has 1 aliphatic heterocycles. The summed E-state index contributed by atoms with van der Waals surface area (Å²) in [5, 5.41) is 11.8. The first-order valence-electron chi connectivity index (χ1n) is 9.95. The number of hydrogen-bond donors (Lipinski definition) is 2. The van der Waals surface area contributed by atoms with Gasteiger partial charge in [-0.3, -0.25) is 5.32 Å². The summed E-state index contributed by atoms with van der Waals surface area (Å²) in [5.74, 6) is 1.15. The quantitative estimate of drug-likeness (QED) is 0.546. The van der Waals surface area contributed by atoms with Crippen LogP contribution in [-0.4, -0.2) is 66.1 Å². The number of nitrogens with zero attached hydrogens (tertiary/aromatic N) is 2. The number of carbonyl (C=O) groups is 1. The van der Waals surface area contributed by atoms with Gasteiger partial charge in [0, 0.05) is 24.8 Å². The van der Waals surface area contributed by atoms with Crippen LogP contribution in [0.4, 0.5) is 16.3 Å². The fraction of sp³-hybridized carbons (Fsp3) is 0.429. The van der Waals surface area contributed by atoms with Gasteiger partial charge in [-0.15, -0.1) is 0 Å². The van der Waals surface area contributed by atoms with Crippen molar-refractivity contribution in [2.24, 2.45) is 0 Å². The molecule has 1 aliphatic rings. The number of anilines is 2. The maximum absolute atomic E-state index is 12.0. The van der Waals surface area contributed by atoms with Crippen molar-refractivity contribution in [3.05, 3.63) is 35.9 Å². The van der Waals surface area contributed by atoms with E-state index in [4.69, 9.17) is 54.1 Å². The van der Waals surface area contributed by atoms with Crippen LogP contribution in [0.2, 0.25) is 0 Å². The summed E-state index contributed by atoms with van der Waals surface area (Å²) in [5.41, 5.74) is 3.22. The monoisotopic (exact) mass is 503 g/mol. The van der Waals surface area contributed by atoms with Crippen LogP contribution in [0.1, 0.15) is 5.56 Å². The fourth-order valence-corrected chi connectivity index (χ4v) is 3.30. The first-order chi connectivity index (χ1) is 15.2. The summed E-state index contributed by atoms with van der Waals surface area (Å²) in [7, 11) is 0. The van der Waals surface area contributed by atoms with E-state index in [-0.39, 0.29) is 19.8 Å². The predicted molar refractivity (Wildman–Crippen MR) is 125 cm³/mol. The number of halogens is 3. The average Bonchev–Trinajstić information content (AvgIpc) is 2.77. The van der Waals surface area contributed by atoms with Gasteiger partial charge in [-0.2, -0.15) is 4.98 Å². The first kappa shape index (κ1) is 24.7.